The van der Waals surface area contributed by atoms with E-state index in [2.05, 4.69) is 10.6 Å². The first-order valence-electron chi connectivity index (χ1n) is 10.1. The number of alkyl halides is 3. The zero-order chi connectivity index (χ0) is 25.5. The Labute approximate surface area is 200 Å². The van der Waals surface area contributed by atoms with Crippen LogP contribution in [0, 0.1) is 11.6 Å². The molecule has 11 heteroatoms. The molecule has 3 aromatic carbocycles. The maximum atomic E-state index is 14.0. The third-order valence-electron chi connectivity index (χ3n) is 5.36. The molecule has 0 radical (unpaired) electrons. The molecule has 0 saturated carbocycles. The van der Waals surface area contributed by atoms with Crippen LogP contribution in [0.25, 0.3) is 0 Å². The van der Waals surface area contributed by atoms with E-state index in [0.717, 1.165) is 12.1 Å². The third kappa shape index (κ3) is 4.98. The molecule has 1 atom stereocenters. The zero-order valence-electron chi connectivity index (χ0n) is 17.9. The molecular weight excluding hydrogens is 495 g/mol. The van der Waals surface area contributed by atoms with E-state index < -0.39 is 46.8 Å². The number of halogens is 6. The Balaban J connectivity index is 1.82. The van der Waals surface area contributed by atoms with Crippen molar-refractivity contribution in [2.75, 3.05) is 12.4 Å². The number of ether oxygens (including phenoxy) is 1. The first-order valence-corrected chi connectivity index (χ1v) is 10.5. The normalized spacial score (nSPS) is 15.1. The molecule has 0 saturated heterocycles. The van der Waals surface area contributed by atoms with Crippen molar-refractivity contribution >= 4 is 29.1 Å². The lowest BCUT2D eigenvalue weighted by Gasteiger charge is -2.19. The smallest absolute Gasteiger partial charge is 0.380 e. The number of benzene rings is 3. The van der Waals surface area contributed by atoms with Gasteiger partial charge in [0, 0.05) is 40.1 Å². The molecule has 3 aromatic rings. The predicted octanol–water partition coefficient (Wildman–Crippen LogP) is 5.87. The Morgan fingerprint density at radius 3 is 2.51 bits per heavy atom. The highest BCUT2D eigenvalue weighted by molar-refractivity contribution is 6.31. The van der Waals surface area contributed by atoms with Crippen molar-refractivity contribution in [3.63, 3.8) is 0 Å². The zero-order valence-corrected chi connectivity index (χ0v) is 18.7. The van der Waals surface area contributed by atoms with E-state index in [1.807, 2.05) is 0 Å². The number of nitrogens with one attached hydrogen (secondary N) is 2. The molecule has 0 aliphatic carbocycles. The van der Waals surface area contributed by atoms with Gasteiger partial charge in [-0.2, -0.15) is 13.2 Å². The van der Waals surface area contributed by atoms with Gasteiger partial charge in [-0.15, -0.1) is 0 Å². The number of carbonyl (C=O) groups excluding carboxylic acids is 2. The lowest BCUT2D eigenvalue weighted by Crippen LogP contribution is -2.21. The number of hydrogen-bond acceptors (Lipinski definition) is 3. The van der Waals surface area contributed by atoms with Crippen LogP contribution in [0.15, 0.2) is 48.5 Å². The largest absolute Gasteiger partial charge is 0.416 e. The number of carbonyl (C=O) groups is 2. The van der Waals surface area contributed by atoms with Crippen molar-refractivity contribution in [1.29, 1.82) is 0 Å². The fourth-order valence-electron chi connectivity index (χ4n) is 3.89. The molecule has 4 rings (SSSR count). The van der Waals surface area contributed by atoms with Crippen molar-refractivity contribution < 1.29 is 36.3 Å². The fraction of sp³-hybridized carbons (Fsp3) is 0.167. The second-order valence-corrected chi connectivity index (χ2v) is 8.20. The summed E-state index contributed by atoms with van der Waals surface area (Å²) in [6.07, 6.45) is -4.87. The molecule has 5 nitrogen and oxygen atoms in total. The summed E-state index contributed by atoms with van der Waals surface area (Å²) in [6, 6.07) is 7.03. The van der Waals surface area contributed by atoms with Crippen LogP contribution >= 0.6 is 11.6 Å². The van der Waals surface area contributed by atoms with E-state index in [1.165, 1.54) is 25.3 Å². The van der Waals surface area contributed by atoms with Crippen molar-refractivity contribution in [2.45, 2.75) is 18.8 Å². The number of rotatable bonds is 5. The highest BCUT2D eigenvalue weighted by atomic mass is 35.5. The molecule has 35 heavy (non-hydrogen) atoms. The molecule has 1 aliphatic rings. The van der Waals surface area contributed by atoms with Gasteiger partial charge in [0.25, 0.3) is 11.8 Å². The number of anilines is 1. The molecule has 2 N–H and O–H groups in total. The topological polar surface area (TPSA) is 67.4 Å². The van der Waals surface area contributed by atoms with Gasteiger partial charge in [-0.3, -0.25) is 9.59 Å². The monoisotopic (exact) mass is 510 g/mol. The highest BCUT2D eigenvalue weighted by Crippen LogP contribution is 2.40. The Morgan fingerprint density at radius 1 is 1.09 bits per heavy atom. The Kier molecular flexibility index (Phi) is 6.52. The van der Waals surface area contributed by atoms with Crippen LogP contribution in [-0.4, -0.2) is 18.9 Å². The van der Waals surface area contributed by atoms with Crippen LogP contribution in [-0.2, 0) is 17.5 Å². The van der Waals surface area contributed by atoms with Gasteiger partial charge in [0.05, 0.1) is 18.2 Å². The first kappa shape index (κ1) is 24.6. The summed E-state index contributed by atoms with van der Waals surface area (Å²) in [6.45, 7) is 0.0486. The Morgan fingerprint density at radius 2 is 1.83 bits per heavy atom. The van der Waals surface area contributed by atoms with E-state index in [-0.39, 0.29) is 40.1 Å². The second kappa shape index (κ2) is 9.27. The van der Waals surface area contributed by atoms with Gasteiger partial charge < -0.3 is 15.4 Å². The van der Waals surface area contributed by atoms with E-state index in [0.29, 0.717) is 17.7 Å². The van der Waals surface area contributed by atoms with Crippen molar-refractivity contribution in [2.24, 2.45) is 0 Å². The fourth-order valence-corrected chi connectivity index (χ4v) is 4.12. The number of methoxy groups -OCH3 is 1. The number of amides is 2. The standard InChI is InChI=1S/C24H16ClF5N2O3/c1-35-10-11-4-17-20(21(32-23(17)34)16-9-14(26)2-3-18(16)25)19(5-11)31-22(33)12-6-13(24(28,29)30)8-15(27)7-12/h2-9,21H,10H2,1H3,(H,31,33)(H,32,34)/t21-/m1/s1. The highest BCUT2D eigenvalue weighted by Gasteiger charge is 2.35. The molecule has 0 fully saturated rings. The maximum Gasteiger partial charge on any atom is 0.416 e. The summed E-state index contributed by atoms with van der Waals surface area (Å²) in [7, 11) is 1.41. The average Bonchev–Trinajstić information content (AvgIpc) is 3.11. The SMILES string of the molecule is COCc1cc(NC(=O)c2cc(F)cc(C(F)(F)F)c2)c2c(c1)C(=O)N[C@@H]2c1cc(F)ccc1Cl. The summed E-state index contributed by atoms with van der Waals surface area (Å²) in [5.41, 5.74) is -0.834. The third-order valence-corrected chi connectivity index (χ3v) is 5.71. The number of hydrogen-bond donors (Lipinski definition) is 2. The summed E-state index contributed by atoms with van der Waals surface area (Å²) in [5, 5.41) is 5.28. The lowest BCUT2D eigenvalue weighted by molar-refractivity contribution is -0.137. The van der Waals surface area contributed by atoms with Crippen LogP contribution in [0.4, 0.5) is 27.6 Å². The summed E-state index contributed by atoms with van der Waals surface area (Å²) >= 11 is 6.23. The van der Waals surface area contributed by atoms with Crippen LogP contribution in [0.5, 0.6) is 0 Å². The summed E-state index contributed by atoms with van der Waals surface area (Å²) < 4.78 is 72.2. The van der Waals surface area contributed by atoms with Crippen LogP contribution in [0.2, 0.25) is 5.02 Å². The second-order valence-electron chi connectivity index (χ2n) is 7.79. The van der Waals surface area contributed by atoms with E-state index in [4.69, 9.17) is 16.3 Å². The first-order chi connectivity index (χ1) is 16.5. The molecule has 1 heterocycles. The quantitative estimate of drug-likeness (QED) is 0.422. The predicted molar refractivity (Wildman–Crippen MR) is 117 cm³/mol. The maximum absolute atomic E-state index is 14.0. The van der Waals surface area contributed by atoms with Gasteiger partial charge >= 0.3 is 6.18 Å². The number of fused-ring (bicyclic) bond motifs is 1. The van der Waals surface area contributed by atoms with Gasteiger partial charge in [-0.05, 0) is 54.1 Å². The van der Waals surface area contributed by atoms with Crippen molar-refractivity contribution in [3.05, 3.63) is 98.6 Å². The Bertz CT molecular complexity index is 1340. The van der Waals surface area contributed by atoms with Crippen molar-refractivity contribution in [3.8, 4) is 0 Å². The van der Waals surface area contributed by atoms with Crippen LogP contribution < -0.4 is 10.6 Å². The summed E-state index contributed by atoms with van der Waals surface area (Å²) in [5.74, 6) is -3.45. The van der Waals surface area contributed by atoms with Gasteiger partial charge in [0.1, 0.15) is 11.6 Å². The molecule has 0 unspecified atom stereocenters. The minimum atomic E-state index is -4.87. The molecule has 0 spiro atoms. The van der Waals surface area contributed by atoms with Crippen molar-refractivity contribution in [1.82, 2.24) is 5.32 Å². The van der Waals surface area contributed by atoms with Gasteiger partial charge in [0.2, 0.25) is 0 Å². The average molecular weight is 511 g/mol. The minimum Gasteiger partial charge on any atom is -0.380 e. The van der Waals surface area contributed by atoms with Gasteiger partial charge in [-0.1, -0.05) is 11.6 Å². The molecule has 2 amide bonds. The van der Waals surface area contributed by atoms with E-state index in [9.17, 15) is 31.5 Å². The molecule has 0 bridgehead atoms. The molecule has 0 aromatic heterocycles. The Hall–Kier alpha value is -3.50. The molecule has 1 aliphatic heterocycles. The van der Waals surface area contributed by atoms with Gasteiger partial charge in [-0.25, -0.2) is 8.78 Å². The molecule has 182 valence electrons. The van der Waals surface area contributed by atoms with Crippen LogP contribution in [0.3, 0.4) is 0 Å². The van der Waals surface area contributed by atoms with E-state index in [1.54, 1.807) is 0 Å². The summed E-state index contributed by atoms with van der Waals surface area (Å²) in [4.78, 5) is 25.6. The van der Waals surface area contributed by atoms with Gasteiger partial charge in [0.15, 0.2) is 0 Å². The van der Waals surface area contributed by atoms with E-state index >= 15 is 0 Å². The van der Waals surface area contributed by atoms with Crippen LogP contribution in [0.1, 0.15) is 49.0 Å². The minimum absolute atomic E-state index is 0.0426. The molecular formula is C24H16ClF5N2O3. The lowest BCUT2D eigenvalue weighted by atomic mass is 9.94.